The Kier molecular flexibility index (Phi) is 4.58. The minimum atomic E-state index is -0.235. The van der Waals surface area contributed by atoms with Gasteiger partial charge in [0.15, 0.2) is 0 Å². The van der Waals surface area contributed by atoms with Crippen LogP contribution in [0.2, 0.25) is 0 Å². The molecular weight excluding hydrogens is 240 g/mol. The molecule has 1 saturated heterocycles. The Hall–Kier alpha value is -1.36. The van der Waals surface area contributed by atoms with Crippen molar-refractivity contribution in [1.82, 2.24) is 9.97 Å². The zero-order valence-electron chi connectivity index (χ0n) is 12.1. The van der Waals surface area contributed by atoms with Crippen LogP contribution < -0.4 is 9.80 Å². The van der Waals surface area contributed by atoms with Gasteiger partial charge in [0.05, 0.1) is 6.10 Å². The zero-order valence-corrected chi connectivity index (χ0v) is 12.1. The number of aliphatic hydroxyl groups is 1. The number of hydrogen-bond acceptors (Lipinski definition) is 5. The molecular formula is C14H24N4O. The molecule has 1 aromatic rings. The Morgan fingerprint density at radius 1 is 1.37 bits per heavy atom. The predicted octanol–water partition coefficient (Wildman–Crippen LogP) is 1.59. The summed E-state index contributed by atoms with van der Waals surface area (Å²) < 4.78 is 0. The Labute approximate surface area is 115 Å². The van der Waals surface area contributed by atoms with Gasteiger partial charge < -0.3 is 14.9 Å². The van der Waals surface area contributed by atoms with Crippen molar-refractivity contribution in [1.29, 1.82) is 0 Å². The van der Waals surface area contributed by atoms with Crippen LogP contribution in [0, 0.1) is 6.92 Å². The Balaban J connectivity index is 2.25. The molecule has 1 aliphatic rings. The summed E-state index contributed by atoms with van der Waals surface area (Å²) in [6.45, 7) is 9.71. The maximum absolute atomic E-state index is 9.79. The van der Waals surface area contributed by atoms with Crippen LogP contribution in [0.4, 0.5) is 11.6 Å². The van der Waals surface area contributed by atoms with Gasteiger partial charge in [0, 0.05) is 32.2 Å². The van der Waals surface area contributed by atoms with Crippen LogP contribution in [-0.4, -0.2) is 47.4 Å². The topological polar surface area (TPSA) is 52.5 Å². The number of anilines is 2. The van der Waals surface area contributed by atoms with Gasteiger partial charge in [-0.15, -0.1) is 0 Å². The fourth-order valence-corrected chi connectivity index (χ4v) is 2.57. The summed E-state index contributed by atoms with van der Waals surface area (Å²) in [5.74, 6) is 2.71. The lowest BCUT2D eigenvalue weighted by molar-refractivity contribution is 0.154. The van der Waals surface area contributed by atoms with Crippen molar-refractivity contribution in [3.8, 4) is 0 Å². The first-order chi connectivity index (χ1) is 9.13. The molecule has 19 heavy (non-hydrogen) atoms. The summed E-state index contributed by atoms with van der Waals surface area (Å²) >= 11 is 0. The highest BCUT2D eigenvalue weighted by atomic mass is 16.3. The van der Waals surface area contributed by atoms with Gasteiger partial charge in [-0.2, -0.15) is 0 Å². The summed E-state index contributed by atoms with van der Waals surface area (Å²) in [5.41, 5.74) is 0. The molecule has 1 N–H and O–H groups in total. The molecule has 1 atom stereocenters. The number of hydrogen-bond donors (Lipinski definition) is 1. The first kappa shape index (κ1) is 14.1. The molecule has 0 aliphatic carbocycles. The third-order valence-corrected chi connectivity index (χ3v) is 3.62. The molecule has 1 aromatic heterocycles. The van der Waals surface area contributed by atoms with E-state index in [1.807, 2.05) is 13.0 Å². The lowest BCUT2D eigenvalue weighted by atomic mass is 10.1. The van der Waals surface area contributed by atoms with Crippen molar-refractivity contribution in [3.05, 3.63) is 11.9 Å². The van der Waals surface area contributed by atoms with Crippen LogP contribution in [0.3, 0.4) is 0 Å². The van der Waals surface area contributed by atoms with Crippen LogP contribution in [0.25, 0.3) is 0 Å². The molecule has 0 bridgehead atoms. The maximum atomic E-state index is 9.79. The first-order valence-electron chi connectivity index (χ1n) is 7.17. The van der Waals surface area contributed by atoms with E-state index < -0.39 is 0 Å². The molecule has 1 unspecified atom stereocenters. The SMILES string of the molecule is CCN(CC)c1cc(N2CCCC(O)C2)nc(C)n1. The molecule has 5 heteroatoms. The smallest absolute Gasteiger partial charge is 0.134 e. The number of aryl methyl sites for hydroxylation is 1. The van der Waals surface area contributed by atoms with Gasteiger partial charge in [0.25, 0.3) is 0 Å². The van der Waals surface area contributed by atoms with Crippen LogP contribution in [0.15, 0.2) is 6.07 Å². The number of aliphatic hydroxyl groups excluding tert-OH is 1. The second-order valence-electron chi connectivity index (χ2n) is 5.05. The molecule has 2 heterocycles. The van der Waals surface area contributed by atoms with Crippen molar-refractivity contribution >= 4 is 11.6 Å². The summed E-state index contributed by atoms with van der Waals surface area (Å²) in [6.07, 6.45) is 1.68. The van der Waals surface area contributed by atoms with E-state index >= 15 is 0 Å². The molecule has 0 spiro atoms. The van der Waals surface area contributed by atoms with Crippen LogP contribution in [-0.2, 0) is 0 Å². The Morgan fingerprint density at radius 3 is 2.74 bits per heavy atom. The van der Waals surface area contributed by atoms with E-state index in [0.717, 1.165) is 49.9 Å². The highest BCUT2D eigenvalue weighted by Gasteiger charge is 2.20. The van der Waals surface area contributed by atoms with E-state index in [4.69, 9.17) is 0 Å². The first-order valence-corrected chi connectivity index (χ1v) is 7.17. The van der Waals surface area contributed by atoms with Gasteiger partial charge in [0.1, 0.15) is 17.5 Å². The largest absolute Gasteiger partial charge is 0.391 e. The monoisotopic (exact) mass is 264 g/mol. The Bertz CT molecular complexity index is 420. The summed E-state index contributed by atoms with van der Waals surface area (Å²) in [4.78, 5) is 13.4. The van der Waals surface area contributed by atoms with Gasteiger partial charge in [-0.05, 0) is 33.6 Å². The number of aromatic nitrogens is 2. The molecule has 2 rings (SSSR count). The Morgan fingerprint density at radius 2 is 2.11 bits per heavy atom. The van der Waals surface area contributed by atoms with Gasteiger partial charge in [-0.3, -0.25) is 0 Å². The number of β-amino-alcohol motifs (C(OH)–C–C–N with tert-alkyl or cyclic N) is 1. The van der Waals surface area contributed by atoms with Crippen molar-refractivity contribution in [2.24, 2.45) is 0 Å². The van der Waals surface area contributed by atoms with Crippen LogP contribution in [0.5, 0.6) is 0 Å². The van der Waals surface area contributed by atoms with E-state index in [2.05, 4.69) is 33.6 Å². The van der Waals surface area contributed by atoms with Crippen molar-refractivity contribution in [3.63, 3.8) is 0 Å². The lowest BCUT2D eigenvalue weighted by Gasteiger charge is -2.32. The van der Waals surface area contributed by atoms with E-state index in [9.17, 15) is 5.11 Å². The van der Waals surface area contributed by atoms with Gasteiger partial charge in [0.2, 0.25) is 0 Å². The second-order valence-corrected chi connectivity index (χ2v) is 5.05. The highest BCUT2D eigenvalue weighted by Crippen LogP contribution is 2.22. The molecule has 0 aromatic carbocycles. The average Bonchev–Trinajstić information content (AvgIpc) is 2.39. The fraction of sp³-hybridized carbons (Fsp3) is 0.714. The van der Waals surface area contributed by atoms with Crippen LogP contribution >= 0.6 is 0 Å². The normalized spacial score (nSPS) is 19.6. The van der Waals surface area contributed by atoms with E-state index in [-0.39, 0.29) is 6.10 Å². The molecule has 1 fully saturated rings. The zero-order chi connectivity index (χ0) is 13.8. The highest BCUT2D eigenvalue weighted by molar-refractivity contribution is 5.51. The molecule has 5 nitrogen and oxygen atoms in total. The molecule has 1 aliphatic heterocycles. The van der Waals surface area contributed by atoms with E-state index in [1.54, 1.807) is 0 Å². The third-order valence-electron chi connectivity index (χ3n) is 3.62. The molecule has 106 valence electrons. The van der Waals surface area contributed by atoms with E-state index in [1.165, 1.54) is 0 Å². The maximum Gasteiger partial charge on any atom is 0.134 e. The minimum Gasteiger partial charge on any atom is -0.391 e. The molecule has 0 amide bonds. The molecule has 0 radical (unpaired) electrons. The quantitative estimate of drug-likeness (QED) is 0.895. The summed E-state index contributed by atoms with van der Waals surface area (Å²) in [6, 6.07) is 2.04. The van der Waals surface area contributed by atoms with Gasteiger partial charge in [-0.25, -0.2) is 9.97 Å². The standard InChI is InChI=1S/C14H24N4O/c1-4-17(5-2)13-9-14(16-11(3)15-13)18-8-6-7-12(19)10-18/h9,12,19H,4-8,10H2,1-3H3. The van der Waals surface area contributed by atoms with Gasteiger partial charge in [-0.1, -0.05) is 0 Å². The summed E-state index contributed by atoms with van der Waals surface area (Å²) in [7, 11) is 0. The van der Waals surface area contributed by atoms with Gasteiger partial charge >= 0.3 is 0 Å². The number of rotatable bonds is 4. The number of nitrogens with zero attached hydrogens (tertiary/aromatic N) is 4. The van der Waals surface area contributed by atoms with Crippen molar-refractivity contribution in [2.45, 2.75) is 39.7 Å². The predicted molar refractivity (Wildman–Crippen MR) is 77.8 cm³/mol. The van der Waals surface area contributed by atoms with Crippen molar-refractivity contribution in [2.75, 3.05) is 36.0 Å². The minimum absolute atomic E-state index is 0.235. The van der Waals surface area contributed by atoms with Crippen LogP contribution in [0.1, 0.15) is 32.5 Å². The molecule has 0 saturated carbocycles. The summed E-state index contributed by atoms with van der Waals surface area (Å²) in [5, 5.41) is 9.79. The van der Waals surface area contributed by atoms with E-state index in [0.29, 0.717) is 6.54 Å². The fourth-order valence-electron chi connectivity index (χ4n) is 2.57. The lowest BCUT2D eigenvalue weighted by Crippen LogP contribution is -2.39. The second kappa shape index (κ2) is 6.19. The third kappa shape index (κ3) is 3.35. The average molecular weight is 264 g/mol. The number of piperidine rings is 1. The van der Waals surface area contributed by atoms with Crippen molar-refractivity contribution < 1.29 is 5.11 Å².